The summed E-state index contributed by atoms with van der Waals surface area (Å²) in [4.78, 5) is 11.3. The Morgan fingerprint density at radius 2 is 1.58 bits per heavy atom. The number of carbonyl (C=O) groups is 1. The topological polar surface area (TPSA) is 55.1 Å². The van der Waals surface area contributed by atoms with Crippen LogP contribution in [-0.2, 0) is 17.9 Å². The predicted molar refractivity (Wildman–Crippen MR) is 108 cm³/mol. The molecule has 1 aliphatic carbocycles. The first-order valence-electron chi connectivity index (χ1n) is 7.55. The number of nitrogens with two attached hydrogens (primary N) is 1. The average Bonchev–Trinajstić information content (AvgIpc) is 3.38. The number of carbonyl (C=O) groups excluding carboxylic acids is 1. The second kappa shape index (κ2) is 10.9. The zero-order valence-electron chi connectivity index (χ0n) is 13.2. The van der Waals surface area contributed by atoms with Crippen molar-refractivity contribution in [2.75, 3.05) is 0 Å². The molecule has 0 spiro atoms. The standard InChI is InChI=1S/C11H12BrNO.C7H8BrN.ClH/c12-10-3-1-2-8(6-10)7-13-11(14)9-4-5-9;8-7-3-1-2-6(4-7)5-9;/h1-3,6,9H,4-5,7H2,(H,13,14);1-4H,5,9H2;1H. The third kappa shape index (κ3) is 7.79. The predicted octanol–water partition coefficient (Wildman–Crippen LogP) is 4.80. The monoisotopic (exact) mass is 474 g/mol. The normalized spacial score (nSPS) is 12.5. The molecule has 0 atom stereocenters. The Morgan fingerprint density at radius 3 is 2.04 bits per heavy atom. The average molecular weight is 477 g/mol. The molecule has 1 saturated carbocycles. The second-order valence-electron chi connectivity index (χ2n) is 5.46. The molecule has 0 aromatic heterocycles. The van der Waals surface area contributed by atoms with Gasteiger partial charge in [-0.2, -0.15) is 0 Å². The van der Waals surface area contributed by atoms with E-state index in [-0.39, 0.29) is 18.3 Å². The summed E-state index contributed by atoms with van der Waals surface area (Å²) in [5, 5.41) is 2.93. The lowest BCUT2D eigenvalue weighted by atomic mass is 10.2. The molecule has 1 fully saturated rings. The quantitative estimate of drug-likeness (QED) is 0.666. The van der Waals surface area contributed by atoms with Crippen LogP contribution in [0.1, 0.15) is 24.0 Å². The van der Waals surface area contributed by atoms with Gasteiger partial charge in [0.1, 0.15) is 0 Å². The molecule has 0 aliphatic heterocycles. The summed E-state index contributed by atoms with van der Waals surface area (Å²) in [6.07, 6.45) is 2.12. The molecule has 0 saturated heterocycles. The molecule has 3 N–H and O–H groups in total. The van der Waals surface area contributed by atoms with Crippen LogP contribution in [0.25, 0.3) is 0 Å². The van der Waals surface area contributed by atoms with E-state index in [1.807, 2.05) is 48.5 Å². The molecule has 3 nitrogen and oxygen atoms in total. The van der Waals surface area contributed by atoms with E-state index in [1.165, 1.54) is 0 Å². The maximum atomic E-state index is 11.3. The Morgan fingerprint density at radius 1 is 1.04 bits per heavy atom. The minimum absolute atomic E-state index is 0. The fraction of sp³-hybridized carbons (Fsp3) is 0.278. The van der Waals surface area contributed by atoms with Gasteiger partial charge >= 0.3 is 0 Å². The summed E-state index contributed by atoms with van der Waals surface area (Å²) in [6.45, 7) is 1.24. The lowest BCUT2D eigenvalue weighted by Crippen LogP contribution is -2.24. The minimum Gasteiger partial charge on any atom is -0.352 e. The van der Waals surface area contributed by atoms with E-state index in [4.69, 9.17) is 5.73 Å². The van der Waals surface area contributed by atoms with E-state index in [9.17, 15) is 4.79 Å². The van der Waals surface area contributed by atoms with Crippen LogP contribution >= 0.6 is 44.3 Å². The Kier molecular flexibility index (Phi) is 9.59. The van der Waals surface area contributed by atoms with Crippen molar-refractivity contribution in [3.8, 4) is 0 Å². The van der Waals surface area contributed by atoms with Gasteiger partial charge in [-0.25, -0.2) is 0 Å². The number of rotatable bonds is 4. The van der Waals surface area contributed by atoms with Crippen molar-refractivity contribution in [3.05, 3.63) is 68.6 Å². The van der Waals surface area contributed by atoms with Crippen LogP contribution in [0.3, 0.4) is 0 Å². The van der Waals surface area contributed by atoms with Gasteiger partial charge in [-0.05, 0) is 48.2 Å². The zero-order chi connectivity index (χ0) is 16.7. The Labute approximate surface area is 166 Å². The Balaban J connectivity index is 0.000000252. The molecule has 2 aromatic carbocycles. The maximum Gasteiger partial charge on any atom is 0.223 e. The van der Waals surface area contributed by atoms with Gasteiger partial charge in [-0.3, -0.25) is 4.79 Å². The number of benzene rings is 2. The van der Waals surface area contributed by atoms with Crippen LogP contribution in [0.4, 0.5) is 0 Å². The van der Waals surface area contributed by atoms with E-state index in [0.29, 0.717) is 19.0 Å². The fourth-order valence-corrected chi connectivity index (χ4v) is 2.88. The van der Waals surface area contributed by atoms with Crippen LogP contribution in [0.2, 0.25) is 0 Å². The molecule has 6 heteroatoms. The van der Waals surface area contributed by atoms with Crippen LogP contribution < -0.4 is 11.1 Å². The van der Waals surface area contributed by atoms with Gasteiger partial charge in [0, 0.05) is 28.0 Å². The number of nitrogens with one attached hydrogen (secondary N) is 1. The van der Waals surface area contributed by atoms with E-state index in [1.54, 1.807) is 0 Å². The highest BCUT2D eigenvalue weighted by atomic mass is 79.9. The minimum atomic E-state index is 0. The first-order chi connectivity index (χ1) is 11.1. The SMILES string of the molecule is Cl.NCc1cccc(Br)c1.O=C(NCc1cccc(Br)c1)C1CC1. The fourth-order valence-electron chi connectivity index (χ4n) is 1.99. The Hall–Kier alpha value is -0.880. The van der Waals surface area contributed by atoms with Crippen LogP contribution in [0.15, 0.2) is 57.5 Å². The first-order valence-corrected chi connectivity index (χ1v) is 9.13. The van der Waals surface area contributed by atoms with Gasteiger partial charge in [-0.15, -0.1) is 12.4 Å². The van der Waals surface area contributed by atoms with Gasteiger partial charge in [-0.1, -0.05) is 56.1 Å². The van der Waals surface area contributed by atoms with Crippen molar-refractivity contribution in [3.63, 3.8) is 0 Å². The van der Waals surface area contributed by atoms with Crippen molar-refractivity contribution < 1.29 is 4.79 Å². The molecule has 24 heavy (non-hydrogen) atoms. The maximum absolute atomic E-state index is 11.3. The van der Waals surface area contributed by atoms with Gasteiger partial charge < -0.3 is 11.1 Å². The van der Waals surface area contributed by atoms with Gasteiger partial charge in [0.15, 0.2) is 0 Å². The van der Waals surface area contributed by atoms with E-state index in [2.05, 4.69) is 37.2 Å². The lowest BCUT2D eigenvalue weighted by Gasteiger charge is -2.04. The van der Waals surface area contributed by atoms with Gasteiger partial charge in [0.2, 0.25) is 5.91 Å². The summed E-state index contributed by atoms with van der Waals surface area (Å²) >= 11 is 6.75. The molecule has 2 aromatic rings. The molecular weight excluding hydrogens is 455 g/mol. The molecule has 0 heterocycles. The summed E-state index contributed by atoms with van der Waals surface area (Å²) in [7, 11) is 0. The van der Waals surface area contributed by atoms with E-state index >= 15 is 0 Å². The van der Waals surface area contributed by atoms with Crippen LogP contribution in [0, 0.1) is 5.92 Å². The molecule has 0 unspecified atom stereocenters. The number of halogens is 3. The molecule has 3 rings (SSSR count). The highest BCUT2D eigenvalue weighted by Crippen LogP contribution is 2.28. The molecule has 0 radical (unpaired) electrons. The first kappa shape index (κ1) is 21.2. The molecular formula is C18H21Br2ClN2O. The van der Waals surface area contributed by atoms with E-state index < -0.39 is 0 Å². The van der Waals surface area contributed by atoms with Gasteiger partial charge in [0.25, 0.3) is 0 Å². The number of amides is 1. The van der Waals surface area contributed by atoms with Crippen molar-refractivity contribution in [2.45, 2.75) is 25.9 Å². The number of hydrogen-bond donors (Lipinski definition) is 2. The lowest BCUT2D eigenvalue weighted by molar-refractivity contribution is -0.122. The Bertz CT molecular complexity index is 663. The highest BCUT2D eigenvalue weighted by molar-refractivity contribution is 9.10. The van der Waals surface area contributed by atoms with Crippen LogP contribution in [0.5, 0.6) is 0 Å². The van der Waals surface area contributed by atoms with Crippen molar-refractivity contribution in [2.24, 2.45) is 11.7 Å². The largest absolute Gasteiger partial charge is 0.352 e. The molecule has 1 amide bonds. The smallest absolute Gasteiger partial charge is 0.223 e. The summed E-state index contributed by atoms with van der Waals surface area (Å²) in [5.74, 6) is 0.493. The summed E-state index contributed by atoms with van der Waals surface area (Å²) in [5.41, 5.74) is 7.69. The van der Waals surface area contributed by atoms with Crippen molar-refractivity contribution in [1.82, 2.24) is 5.32 Å². The van der Waals surface area contributed by atoms with Crippen molar-refractivity contribution in [1.29, 1.82) is 0 Å². The highest BCUT2D eigenvalue weighted by Gasteiger charge is 2.29. The summed E-state index contributed by atoms with van der Waals surface area (Å²) < 4.78 is 2.14. The molecule has 1 aliphatic rings. The molecule has 130 valence electrons. The molecule has 0 bridgehead atoms. The van der Waals surface area contributed by atoms with Crippen LogP contribution in [-0.4, -0.2) is 5.91 Å². The zero-order valence-corrected chi connectivity index (χ0v) is 17.2. The number of hydrogen-bond acceptors (Lipinski definition) is 2. The van der Waals surface area contributed by atoms with Gasteiger partial charge in [0.05, 0.1) is 0 Å². The van der Waals surface area contributed by atoms with Crippen molar-refractivity contribution >= 4 is 50.2 Å². The second-order valence-corrected chi connectivity index (χ2v) is 7.29. The van der Waals surface area contributed by atoms with E-state index in [0.717, 1.165) is 32.9 Å². The summed E-state index contributed by atoms with van der Waals surface area (Å²) in [6, 6.07) is 16.0. The third-order valence-electron chi connectivity index (χ3n) is 3.43. The third-order valence-corrected chi connectivity index (χ3v) is 4.42.